The van der Waals surface area contributed by atoms with Gasteiger partial charge in [-0.15, -0.1) is 0 Å². The lowest BCUT2D eigenvalue weighted by Crippen LogP contribution is -2.50. The van der Waals surface area contributed by atoms with Crippen LogP contribution in [0.2, 0.25) is 0 Å². The Kier molecular flexibility index (Phi) is 12.9. The number of carbonyl (C=O) groups excluding carboxylic acids is 3. The Labute approximate surface area is 372 Å². The van der Waals surface area contributed by atoms with Crippen molar-refractivity contribution in [2.24, 2.45) is 0 Å². The third-order valence-corrected chi connectivity index (χ3v) is 14.5. The van der Waals surface area contributed by atoms with Crippen molar-refractivity contribution in [2.75, 3.05) is 63.0 Å². The molecule has 0 bridgehead atoms. The molecule has 17 nitrogen and oxygen atoms in total. The molecule has 0 aliphatic carbocycles. The number of benzene rings is 3. The highest BCUT2D eigenvalue weighted by molar-refractivity contribution is 7.90. The number of carbonyl (C=O) groups is 3. The number of imide groups is 1. The van der Waals surface area contributed by atoms with E-state index in [1.165, 1.54) is 36.1 Å². The molecular weight excluding hydrogens is 872 g/mol. The van der Waals surface area contributed by atoms with Crippen LogP contribution >= 0.6 is 0 Å². The van der Waals surface area contributed by atoms with Crippen LogP contribution in [0, 0.1) is 28.8 Å². The molecule has 0 radical (unpaired) electrons. The van der Waals surface area contributed by atoms with Crippen LogP contribution in [0.15, 0.2) is 53.6 Å². The minimum atomic E-state index is -4.04. The number of nitrogens with one attached hydrogen (secondary N) is 3. The molecule has 2 atom stereocenters. The average molecular weight is 920 g/mol. The molecule has 4 saturated heterocycles. The summed E-state index contributed by atoms with van der Waals surface area (Å²) in [7, 11) is -2.70. The number of hydrogen-bond donors (Lipinski definition) is 3. The maximum Gasteiger partial charge on any atom is 0.301 e. The number of anilines is 2. The van der Waals surface area contributed by atoms with Crippen LogP contribution in [-0.2, 0) is 29.3 Å². The number of rotatable bonds is 12. The summed E-state index contributed by atoms with van der Waals surface area (Å²) in [6, 6.07) is 9.30. The Hall–Kier alpha value is -6.08. The van der Waals surface area contributed by atoms with Gasteiger partial charge in [-0.25, -0.2) is 18.2 Å². The van der Waals surface area contributed by atoms with E-state index in [0.29, 0.717) is 63.8 Å². The van der Waals surface area contributed by atoms with Gasteiger partial charge >= 0.3 is 10.2 Å². The minimum Gasteiger partial charge on any atom is -0.453 e. The molecule has 3 amide bonds. The van der Waals surface area contributed by atoms with E-state index in [2.05, 4.69) is 20.3 Å². The second-order valence-corrected chi connectivity index (χ2v) is 18.7. The highest BCUT2D eigenvalue weighted by Crippen LogP contribution is 2.41. The first-order chi connectivity index (χ1) is 31.1. The van der Waals surface area contributed by atoms with Crippen LogP contribution in [0.4, 0.5) is 24.5 Å². The minimum absolute atomic E-state index is 0.0212. The predicted octanol–water partition coefficient (Wildman–Crippen LogP) is 4.51. The van der Waals surface area contributed by atoms with Gasteiger partial charge in [0, 0.05) is 39.2 Å². The second-order valence-electron chi connectivity index (χ2n) is 17.0. The Morgan fingerprint density at radius 1 is 1.02 bits per heavy atom. The Morgan fingerprint density at radius 3 is 2.48 bits per heavy atom. The molecule has 3 aromatic carbocycles. The van der Waals surface area contributed by atoms with Crippen molar-refractivity contribution >= 4 is 50.2 Å². The monoisotopic (exact) mass is 919 g/mol. The Bertz CT molecular complexity index is 2750. The molecule has 4 aliphatic rings. The van der Waals surface area contributed by atoms with E-state index < -0.39 is 56.9 Å². The van der Waals surface area contributed by atoms with Crippen molar-refractivity contribution in [1.29, 1.82) is 5.26 Å². The van der Waals surface area contributed by atoms with E-state index in [4.69, 9.17) is 9.47 Å². The lowest BCUT2D eigenvalue weighted by atomic mass is 9.87. The fourth-order valence-electron chi connectivity index (χ4n) is 9.01. The highest BCUT2D eigenvalue weighted by atomic mass is 32.2. The van der Waals surface area contributed by atoms with Crippen molar-refractivity contribution in [2.45, 2.75) is 75.5 Å². The molecule has 344 valence electrons. The molecule has 4 fully saturated rings. The molecule has 1 aromatic heterocycles. The zero-order chi connectivity index (χ0) is 46.2. The summed E-state index contributed by atoms with van der Waals surface area (Å²) in [6.45, 7) is 4.15. The molecule has 4 aromatic rings. The first-order valence-electron chi connectivity index (χ1n) is 21.5. The number of hydrogen-bond acceptors (Lipinski definition) is 12. The lowest BCUT2D eigenvalue weighted by Gasteiger charge is -2.40. The predicted molar refractivity (Wildman–Crippen MR) is 231 cm³/mol. The lowest BCUT2D eigenvalue weighted by molar-refractivity contribution is -0.137. The summed E-state index contributed by atoms with van der Waals surface area (Å²) in [5.74, 6) is -3.97. The van der Waals surface area contributed by atoms with Gasteiger partial charge in [0.05, 0.1) is 53.4 Å². The van der Waals surface area contributed by atoms with Crippen LogP contribution in [0.3, 0.4) is 0 Å². The van der Waals surface area contributed by atoms with Crippen LogP contribution in [-0.4, -0.2) is 114 Å². The first-order valence-corrected chi connectivity index (χ1v) is 22.9. The molecule has 21 heteroatoms. The summed E-state index contributed by atoms with van der Waals surface area (Å²) >= 11 is 0. The standard InChI is InChI=1S/C44H48F3N9O8S/c1-3-53(2)65(61,62)52-36-7-5-32(45)41(31(36)22-48)64-28-4-6-35-30(18-28)43(60)56(25-49-35)27-21-44(63-24-27)12-16-55(17-13-44)40(58)23-54-14-10-26(11-15-54)29-19-34(47)38(20-33(29)46)50-37-8-9-39(57)51-42(37)59/h4-7,18-20,25-27,37,50,52H,3,8-17,21,23-24H2,1-2H3,(H,51,57,59)/t27-,37?/m1/s1. The number of aromatic nitrogens is 2. The van der Waals surface area contributed by atoms with Crippen LogP contribution in [0.1, 0.15) is 75.0 Å². The van der Waals surface area contributed by atoms with Crippen molar-refractivity contribution in [3.8, 4) is 17.6 Å². The molecule has 8 rings (SSSR count). The maximum atomic E-state index is 15.3. The summed E-state index contributed by atoms with van der Waals surface area (Å²) < 4.78 is 87.8. The van der Waals surface area contributed by atoms with E-state index >= 15 is 13.2 Å². The topological polar surface area (TPSA) is 208 Å². The van der Waals surface area contributed by atoms with Gasteiger partial charge in [0.1, 0.15) is 35.1 Å². The van der Waals surface area contributed by atoms with Crippen LogP contribution in [0.5, 0.6) is 11.5 Å². The number of amides is 3. The fraction of sp³-hybridized carbons (Fsp3) is 0.455. The largest absolute Gasteiger partial charge is 0.453 e. The Morgan fingerprint density at radius 2 is 1.77 bits per heavy atom. The number of likely N-dealkylation sites (tertiary alicyclic amines) is 2. The zero-order valence-electron chi connectivity index (χ0n) is 35.7. The SMILES string of the molecule is CCN(C)S(=O)(=O)Nc1ccc(F)c(Oc2ccc3ncn([C@H]4COC5(CCN(C(=O)CN6CCC(c7cc(F)c(NC8CCC(=O)NC8=O)cc7F)CC6)CC5)C4)c(=O)c3c2)c1C#N. The molecule has 4 aliphatic heterocycles. The van der Waals surface area contributed by atoms with E-state index in [-0.39, 0.29) is 89.6 Å². The first kappa shape index (κ1) is 45.5. The molecule has 1 unspecified atom stereocenters. The molecule has 65 heavy (non-hydrogen) atoms. The number of fused-ring (bicyclic) bond motifs is 1. The van der Waals surface area contributed by atoms with E-state index in [1.54, 1.807) is 11.8 Å². The number of halogens is 3. The van der Waals surface area contributed by atoms with Crippen molar-refractivity contribution in [3.63, 3.8) is 0 Å². The van der Waals surface area contributed by atoms with E-state index in [9.17, 15) is 32.9 Å². The van der Waals surface area contributed by atoms with E-state index in [0.717, 1.165) is 28.6 Å². The summed E-state index contributed by atoms with van der Waals surface area (Å²) in [5.41, 5.74) is -1.06. The van der Waals surface area contributed by atoms with Gasteiger partial charge in [-0.05, 0) is 99.5 Å². The molecule has 3 N–H and O–H groups in total. The average Bonchev–Trinajstić information content (AvgIpc) is 3.69. The normalized spacial score (nSPS) is 20.5. The zero-order valence-corrected chi connectivity index (χ0v) is 36.6. The Balaban J connectivity index is 0.852. The molecular formula is C44H48F3N9O8S. The number of piperidine rings is 3. The van der Waals surface area contributed by atoms with Crippen LogP contribution < -0.4 is 25.7 Å². The highest BCUT2D eigenvalue weighted by Gasteiger charge is 2.44. The smallest absolute Gasteiger partial charge is 0.301 e. The summed E-state index contributed by atoms with van der Waals surface area (Å²) in [4.78, 5) is 59.3. The molecule has 0 saturated carbocycles. The van der Waals surface area contributed by atoms with Gasteiger partial charge in [-0.3, -0.25) is 38.7 Å². The van der Waals surface area contributed by atoms with Gasteiger partial charge < -0.3 is 19.7 Å². The third-order valence-electron chi connectivity index (χ3n) is 12.9. The van der Waals surface area contributed by atoms with E-state index in [1.807, 2.05) is 11.0 Å². The summed E-state index contributed by atoms with van der Waals surface area (Å²) in [5, 5.41) is 15.0. The molecule has 1 spiro atoms. The van der Waals surface area contributed by atoms with Gasteiger partial charge in [0.2, 0.25) is 17.7 Å². The molecule has 5 heterocycles. The maximum absolute atomic E-state index is 15.3. The van der Waals surface area contributed by atoms with Crippen LogP contribution in [0.25, 0.3) is 10.9 Å². The van der Waals surface area contributed by atoms with Gasteiger partial charge in [0.25, 0.3) is 5.56 Å². The summed E-state index contributed by atoms with van der Waals surface area (Å²) in [6.07, 6.45) is 4.40. The number of ether oxygens (including phenoxy) is 2. The fourth-order valence-corrected chi connectivity index (χ4v) is 9.95. The third kappa shape index (κ3) is 9.52. The quantitative estimate of drug-likeness (QED) is 0.168. The van der Waals surface area contributed by atoms with Crippen molar-refractivity contribution in [3.05, 3.63) is 87.7 Å². The van der Waals surface area contributed by atoms with Gasteiger partial charge in [-0.1, -0.05) is 6.92 Å². The van der Waals surface area contributed by atoms with Gasteiger partial charge in [-0.2, -0.15) is 18.0 Å². The number of nitrogens with zero attached hydrogens (tertiary/aromatic N) is 6. The van der Waals surface area contributed by atoms with Gasteiger partial charge in [0.15, 0.2) is 11.6 Å². The number of nitriles is 1. The van der Waals surface area contributed by atoms with Crippen molar-refractivity contribution in [1.82, 2.24) is 29.0 Å². The second kappa shape index (κ2) is 18.4. The van der Waals surface area contributed by atoms with Crippen molar-refractivity contribution < 1.29 is 45.4 Å².